The number of hydrogen-bond acceptors (Lipinski definition) is 7. The Kier molecular flexibility index (Phi) is 4.71. The number of aryl methyl sites for hydroxylation is 1. The van der Waals surface area contributed by atoms with Crippen LogP contribution in [0.4, 0.5) is 5.13 Å². The second kappa shape index (κ2) is 6.31. The van der Waals surface area contributed by atoms with Gasteiger partial charge in [-0.25, -0.2) is 4.90 Å². The molecule has 1 unspecified atom stereocenters. The first-order chi connectivity index (χ1) is 9.52. The first kappa shape index (κ1) is 14.9. The van der Waals surface area contributed by atoms with Gasteiger partial charge in [-0.05, 0) is 6.42 Å². The van der Waals surface area contributed by atoms with Crippen LogP contribution >= 0.6 is 23.1 Å². The van der Waals surface area contributed by atoms with Crippen LogP contribution in [0.1, 0.15) is 24.8 Å². The number of thioether (sulfide) groups is 1. The predicted molar refractivity (Wildman–Crippen MR) is 74.9 cm³/mol. The van der Waals surface area contributed by atoms with E-state index in [0.29, 0.717) is 17.3 Å². The minimum atomic E-state index is -0.914. The van der Waals surface area contributed by atoms with Crippen LogP contribution in [0.5, 0.6) is 0 Å². The van der Waals surface area contributed by atoms with Gasteiger partial charge in [0.05, 0.1) is 11.7 Å². The molecule has 7 nitrogen and oxygen atoms in total. The maximum absolute atomic E-state index is 12.2. The van der Waals surface area contributed by atoms with Gasteiger partial charge in [0, 0.05) is 12.2 Å². The summed E-state index contributed by atoms with van der Waals surface area (Å²) < 4.78 is 0. The average Bonchev–Trinajstić information content (AvgIpc) is 2.95. The molecule has 0 radical (unpaired) electrons. The van der Waals surface area contributed by atoms with Crippen molar-refractivity contribution in [1.29, 1.82) is 0 Å². The Morgan fingerprint density at radius 3 is 2.85 bits per heavy atom. The number of hydrogen-bond donors (Lipinski definition) is 1. The molecule has 0 bridgehead atoms. The Bertz CT molecular complexity index is 546. The summed E-state index contributed by atoms with van der Waals surface area (Å²) in [4.78, 5) is 35.6. The summed E-state index contributed by atoms with van der Waals surface area (Å²) in [7, 11) is 0. The number of amides is 2. The molecule has 1 aromatic heterocycles. The number of aliphatic carboxylic acids is 1. The Labute approximate surface area is 123 Å². The number of nitrogens with zero attached hydrogens (tertiary/aromatic N) is 3. The monoisotopic (exact) mass is 315 g/mol. The molecular formula is C11H13N3O4S2. The van der Waals surface area contributed by atoms with Crippen LogP contribution in [0.15, 0.2) is 0 Å². The number of imide groups is 1. The third kappa shape index (κ3) is 3.15. The molecule has 0 saturated carbocycles. The summed E-state index contributed by atoms with van der Waals surface area (Å²) >= 11 is 2.43. The first-order valence-corrected chi connectivity index (χ1v) is 7.92. The number of carboxylic acids is 1. The van der Waals surface area contributed by atoms with Gasteiger partial charge < -0.3 is 5.11 Å². The van der Waals surface area contributed by atoms with E-state index in [1.54, 1.807) is 0 Å². The summed E-state index contributed by atoms with van der Waals surface area (Å²) in [6, 6.07) is 0. The SMILES string of the molecule is CCc1nnc(N2C(=O)CC(SCCC(=O)O)C2=O)s1. The van der Waals surface area contributed by atoms with Gasteiger partial charge >= 0.3 is 5.97 Å². The second-order valence-electron chi connectivity index (χ2n) is 4.11. The van der Waals surface area contributed by atoms with Gasteiger partial charge in [-0.1, -0.05) is 18.3 Å². The third-order valence-electron chi connectivity index (χ3n) is 2.69. The van der Waals surface area contributed by atoms with Crippen LogP contribution in [0.25, 0.3) is 0 Å². The fourth-order valence-electron chi connectivity index (χ4n) is 1.70. The number of carbonyl (C=O) groups excluding carboxylic acids is 2. The van der Waals surface area contributed by atoms with Crippen LogP contribution in [-0.2, 0) is 20.8 Å². The summed E-state index contributed by atoms with van der Waals surface area (Å²) in [6.07, 6.45) is 0.760. The molecule has 1 saturated heterocycles. The normalized spacial score (nSPS) is 18.9. The average molecular weight is 315 g/mol. The van der Waals surface area contributed by atoms with Gasteiger partial charge in [0.25, 0.3) is 0 Å². The maximum Gasteiger partial charge on any atom is 0.304 e. The number of carbonyl (C=O) groups is 3. The van der Waals surface area contributed by atoms with E-state index in [4.69, 9.17) is 5.11 Å². The van der Waals surface area contributed by atoms with Gasteiger partial charge in [-0.2, -0.15) is 0 Å². The Morgan fingerprint density at radius 2 is 2.25 bits per heavy atom. The van der Waals surface area contributed by atoms with Crippen LogP contribution in [0, 0.1) is 0 Å². The van der Waals surface area contributed by atoms with Crippen LogP contribution in [0.2, 0.25) is 0 Å². The molecule has 2 rings (SSSR count). The molecule has 9 heteroatoms. The van der Waals surface area contributed by atoms with E-state index in [-0.39, 0.29) is 24.7 Å². The van der Waals surface area contributed by atoms with E-state index >= 15 is 0 Å². The Morgan fingerprint density at radius 1 is 1.50 bits per heavy atom. The highest BCUT2D eigenvalue weighted by Gasteiger charge is 2.41. The van der Waals surface area contributed by atoms with E-state index in [1.165, 1.54) is 23.1 Å². The van der Waals surface area contributed by atoms with E-state index in [2.05, 4.69) is 10.2 Å². The zero-order valence-corrected chi connectivity index (χ0v) is 12.4. The standard InChI is InChI=1S/C11H13N3O4S2/c1-2-7-12-13-11(20-7)14-8(15)5-6(10(14)18)19-4-3-9(16)17/h6H,2-5H2,1H3,(H,16,17). The topological polar surface area (TPSA) is 100 Å². The van der Waals surface area contributed by atoms with Crippen molar-refractivity contribution >= 4 is 46.0 Å². The lowest BCUT2D eigenvalue weighted by Crippen LogP contribution is -2.31. The predicted octanol–water partition coefficient (Wildman–Crippen LogP) is 0.940. The molecule has 0 aromatic carbocycles. The van der Waals surface area contributed by atoms with Gasteiger partial charge in [-0.3, -0.25) is 14.4 Å². The molecule has 20 heavy (non-hydrogen) atoms. The molecule has 1 aliphatic heterocycles. The highest BCUT2D eigenvalue weighted by Crippen LogP contribution is 2.31. The first-order valence-electron chi connectivity index (χ1n) is 6.05. The highest BCUT2D eigenvalue weighted by molar-refractivity contribution is 8.00. The summed E-state index contributed by atoms with van der Waals surface area (Å²) in [5.41, 5.74) is 0. The number of rotatable bonds is 6. The zero-order chi connectivity index (χ0) is 14.7. The quantitative estimate of drug-likeness (QED) is 0.780. The van der Waals surface area contributed by atoms with E-state index in [0.717, 1.165) is 9.91 Å². The van der Waals surface area contributed by atoms with E-state index in [9.17, 15) is 14.4 Å². The van der Waals surface area contributed by atoms with Crippen molar-refractivity contribution in [3.8, 4) is 0 Å². The van der Waals surface area contributed by atoms with Crippen LogP contribution < -0.4 is 4.90 Å². The van der Waals surface area contributed by atoms with Gasteiger partial charge in [0.15, 0.2) is 0 Å². The molecule has 1 fully saturated rings. The third-order valence-corrected chi connectivity index (χ3v) is 4.95. The molecule has 1 aliphatic rings. The molecule has 0 spiro atoms. The molecule has 1 N–H and O–H groups in total. The molecule has 1 aromatic rings. The smallest absolute Gasteiger partial charge is 0.304 e. The molecule has 2 heterocycles. The zero-order valence-electron chi connectivity index (χ0n) is 10.7. The van der Waals surface area contributed by atoms with Crippen molar-refractivity contribution in [3.63, 3.8) is 0 Å². The van der Waals surface area contributed by atoms with Crippen molar-refractivity contribution in [2.75, 3.05) is 10.7 Å². The molecule has 108 valence electrons. The number of anilines is 1. The molecular weight excluding hydrogens is 302 g/mol. The lowest BCUT2D eigenvalue weighted by Gasteiger charge is -2.10. The van der Waals surface area contributed by atoms with Crippen LogP contribution in [-0.4, -0.2) is 44.1 Å². The second-order valence-corrected chi connectivity index (χ2v) is 6.46. The molecule has 2 amide bonds. The van der Waals surface area contributed by atoms with Crippen molar-refractivity contribution in [2.45, 2.75) is 31.4 Å². The van der Waals surface area contributed by atoms with E-state index < -0.39 is 11.2 Å². The summed E-state index contributed by atoms with van der Waals surface area (Å²) in [5, 5.41) is 16.9. The highest BCUT2D eigenvalue weighted by atomic mass is 32.2. The van der Waals surface area contributed by atoms with Crippen molar-refractivity contribution in [1.82, 2.24) is 10.2 Å². The van der Waals surface area contributed by atoms with Crippen molar-refractivity contribution in [3.05, 3.63) is 5.01 Å². The van der Waals surface area contributed by atoms with Gasteiger partial charge in [-0.15, -0.1) is 22.0 Å². The minimum absolute atomic E-state index is 0.0264. The fourth-order valence-corrected chi connectivity index (χ4v) is 3.59. The summed E-state index contributed by atoms with van der Waals surface area (Å²) in [5.74, 6) is -1.24. The Balaban J connectivity index is 2.03. The van der Waals surface area contributed by atoms with Crippen LogP contribution in [0.3, 0.4) is 0 Å². The Hall–Kier alpha value is -1.48. The fraction of sp³-hybridized carbons (Fsp3) is 0.545. The molecule has 0 aliphatic carbocycles. The van der Waals surface area contributed by atoms with Crippen molar-refractivity contribution < 1.29 is 19.5 Å². The minimum Gasteiger partial charge on any atom is -0.481 e. The van der Waals surface area contributed by atoms with E-state index in [1.807, 2.05) is 6.92 Å². The maximum atomic E-state index is 12.2. The molecule has 1 atom stereocenters. The van der Waals surface area contributed by atoms with Crippen molar-refractivity contribution in [2.24, 2.45) is 0 Å². The van der Waals surface area contributed by atoms with Gasteiger partial charge in [0.1, 0.15) is 5.01 Å². The summed E-state index contributed by atoms with van der Waals surface area (Å²) in [6.45, 7) is 1.92. The lowest BCUT2D eigenvalue weighted by atomic mass is 10.4. The number of aromatic nitrogens is 2. The van der Waals surface area contributed by atoms with Gasteiger partial charge in [0.2, 0.25) is 16.9 Å². The number of carboxylic acid groups (broad SMARTS) is 1. The largest absolute Gasteiger partial charge is 0.481 e. The lowest BCUT2D eigenvalue weighted by molar-refractivity contribution is -0.136.